The van der Waals surface area contributed by atoms with E-state index in [0.29, 0.717) is 11.7 Å². The third kappa shape index (κ3) is 4.12. The molecule has 0 aliphatic heterocycles. The molecule has 0 bridgehead atoms. The molecule has 1 saturated carbocycles. The first kappa shape index (κ1) is 16.0. The lowest BCUT2D eigenvalue weighted by molar-refractivity contribution is -0.113. The van der Waals surface area contributed by atoms with Crippen LogP contribution in [0.4, 0.5) is 5.69 Å². The number of primary sulfonamides is 1. The van der Waals surface area contributed by atoms with E-state index in [0.717, 1.165) is 18.0 Å². The minimum atomic E-state index is -3.72. The third-order valence-corrected chi connectivity index (χ3v) is 5.28. The summed E-state index contributed by atoms with van der Waals surface area (Å²) < 4.78 is 24.4. The Morgan fingerprint density at radius 3 is 2.65 bits per heavy atom. The molecule has 1 aliphatic rings. The molecule has 0 radical (unpaired) electrons. The van der Waals surface area contributed by atoms with E-state index in [9.17, 15) is 13.2 Å². The quantitative estimate of drug-likeness (QED) is 0.768. The summed E-state index contributed by atoms with van der Waals surface area (Å²) in [6, 6.07) is 6.25. The van der Waals surface area contributed by atoms with Crippen molar-refractivity contribution in [2.24, 2.45) is 5.14 Å². The number of hydrogen-bond acceptors (Lipinski definition) is 5. The van der Waals surface area contributed by atoms with E-state index in [1.54, 1.807) is 6.20 Å². The van der Waals surface area contributed by atoms with Crippen LogP contribution >= 0.6 is 11.8 Å². The van der Waals surface area contributed by atoms with E-state index in [4.69, 9.17) is 5.14 Å². The van der Waals surface area contributed by atoms with Crippen molar-refractivity contribution in [1.82, 2.24) is 9.55 Å². The smallest absolute Gasteiger partial charge is 0.238 e. The molecule has 1 amide bonds. The van der Waals surface area contributed by atoms with Crippen molar-refractivity contribution in [2.45, 2.75) is 28.9 Å². The SMILES string of the molecule is NS(=O)(=O)c1ccc(NC(=O)CSc2nccn2C2CC2)cc1. The first-order chi connectivity index (χ1) is 10.9. The van der Waals surface area contributed by atoms with Crippen LogP contribution in [0.2, 0.25) is 0 Å². The van der Waals surface area contributed by atoms with Crippen LogP contribution in [0.15, 0.2) is 46.7 Å². The highest BCUT2D eigenvalue weighted by atomic mass is 32.2. The number of thioether (sulfide) groups is 1. The number of carbonyl (C=O) groups is 1. The number of sulfonamides is 1. The molecule has 1 heterocycles. The molecule has 0 saturated heterocycles. The Labute approximate surface area is 138 Å². The second kappa shape index (κ2) is 6.34. The molecule has 23 heavy (non-hydrogen) atoms. The van der Waals surface area contributed by atoms with Gasteiger partial charge in [-0.1, -0.05) is 11.8 Å². The van der Waals surface area contributed by atoms with E-state index in [2.05, 4.69) is 14.9 Å². The van der Waals surface area contributed by atoms with Crippen LogP contribution in [0, 0.1) is 0 Å². The summed E-state index contributed by atoms with van der Waals surface area (Å²) in [5.41, 5.74) is 0.522. The van der Waals surface area contributed by atoms with Gasteiger partial charge in [-0.3, -0.25) is 4.79 Å². The molecule has 122 valence electrons. The van der Waals surface area contributed by atoms with Crippen LogP contribution in [0.5, 0.6) is 0 Å². The minimum Gasteiger partial charge on any atom is -0.325 e. The fourth-order valence-corrected chi connectivity index (χ4v) is 3.44. The normalized spacial score (nSPS) is 14.7. The Morgan fingerprint density at radius 2 is 2.04 bits per heavy atom. The summed E-state index contributed by atoms with van der Waals surface area (Å²) in [6.07, 6.45) is 5.99. The Bertz CT molecular complexity index is 811. The van der Waals surface area contributed by atoms with Gasteiger partial charge in [0, 0.05) is 24.1 Å². The summed E-state index contributed by atoms with van der Waals surface area (Å²) in [7, 11) is -3.72. The van der Waals surface area contributed by atoms with E-state index >= 15 is 0 Å². The first-order valence-electron chi connectivity index (χ1n) is 7.02. The Kier molecular flexibility index (Phi) is 4.42. The molecular weight excluding hydrogens is 336 g/mol. The van der Waals surface area contributed by atoms with Gasteiger partial charge in [-0.05, 0) is 37.1 Å². The maximum Gasteiger partial charge on any atom is 0.238 e. The van der Waals surface area contributed by atoms with Crippen molar-refractivity contribution in [1.29, 1.82) is 0 Å². The van der Waals surface area contributed by atoms with Crippen molar-refractivity contribution < 1.29 is 13.2 Å². The van der Waals surface area contributed by atoms with Gasteiger partial charge in [0.15, 0.2) is 5.16 Å². The number of nitrogens with zero attached hydrogens (tertiary/aromatic N) is 2. The maximum atomic E-state index is 12.0. The zero-order valence-corrected chi connectivity index (χ0v) is 13.8. The molecule has 0 unspecified atom stereocenters. The highest BCUT2D eigenvalue weighted by Gasteiger charge is 2.25. The number of imidazole rings is 1. The molecule has 3 N–H and O–H groups in total. The zero-order chi connectivity index (χ0) is 16.4. The summed E-state index contributed by atoms with van der Waals surface area (Å²) in [5.74, 6) is 0.0597. The minimum absolute atomic E-state index is 0.0105. The number of hydrogen-bond donors (Lipinski definition) is 2. The van der Waals surface area contributed by atoms with E-state index in [1.165, 1.54) is 36.0 Å². The second-order valence-corrected chi connectivity index (χ2v) is 7.76. The number of nitrogens with two attached hydrogens (primary N) is 1. The predicted molar refractivity (Wildman–Crippen MR) is 87.7 cm³/mol. The topological polar surface area (TPSA) is 107 Å². The second-order valence-electron chi connectivity index (χ2n) is 5.25. The molecule has 9 heteroatoms. The van der Waals surface area contributed by atoms with Gasteiger partial charge in [0.2, 0.25) is 15.9 Å². The molecule has 0 spiro atoms. The van der Waals surface area contributed by atoms with E-state index in [1.807, 2.05) is 6.20 Å². The van der Waals surface area contributed by atoms with Crippen molar-refractivity contribution in [3.05, 3.63) is 36.7 Å². The summed E-state index contributed by atoms with van der Waals surface area (Å²) in [6.45, 7) is 0. The number of nitrogens with one attached hydrogen (secondary N) is 1. The third-order valence-electron chi connectivity index (χ3n) is 3.37. The Hall–Kier alpha value is -1.84. The van der Waals surface area contributed by atoms with Crippen molar-refractivity contribution in [3.63, 3.8) is 0 Å². The average Bonchev–Trinajstić information content (AvgIpc) is 3.23. The number of benzene rings is 1. The molecule has 1 aliphatic carbocycles. The van der Waals surface area contributed by atoms with Crippen molar-refractivity contribution in [2.75, 3.05) is 11.1 Å². The zero-order valence-electron chi connectivity index (χ0n) is 12.2. The largest absolute Gasteiger partial charge is 0.325 e. The summed E-state index contributed by atoms with van der Waals surface area (Å²) in [5, 5.41) is 8.58. The predicted octanol–water partition coefficient (Wildman–Crippen LogP) is 1.60. The molecule has 0 atom stereocenters. The monoisotopic (exact) mass is 352 g/mol. The van der Waals surface area contributed by atoms with Gasteiger partial charge in [-0.25, -0.2) is 18.5 Å². The number of anilines is 1. The molecular formula is C14H16N4O3S2. The van der Waals surface area contributed by atoms with Crippen LogP contribution < -0.4 is 10.5 Å². The highest BCUT2D eigenvalue weighted by Crippen LogP contribution is 2.37. The van der Waals surface area contributed by atoms with Crippen molar-refractivity contribution in [3.8, 4) is 0 Å². The fourth-order valence-electron chi connectivity index (χ4n) is 2.10. The van der Waals surface area contributed by atoms with Crippen molar-refractivity contribution >= 4 is 33.4 Å². The van der Waals surface area contributed by atoms with Crippen LogP contribution in [0.3, 0.4) is 0 Å². The molecule has 2 aromatic rings. The van der Waals surface area contributed by atoms with Crippen LogP contribution in [0.25, 0.3) is 0 Å². The number of carbonyl (C=O) groups excluding carboxylic acids is 1. The average molecular weight is 352 g/mol. The lowest BCUT2D eigenvalue weighted by Crippen LogP contribution is -2.15. The van der Waals surface area contributed by atoms with Gasteiger partial charge < -0.3 is 9.88 Å². The number of amides is 1. The van der Waals surface area contributed by atoms with E-state index in [-0.39, 0.29) is 16.6 Å². The fraction of sp³-hybridized carbons (Fsp3) is 0.286. The lowest BCUT2D eigenvalue weighted by atomic mass is 10.3. The number of aromatic nitrogens is 2. The van der Waals surface area contributed by atoms with Crippen LogP contribution in [0.1, 0.15) is 18.9 Å². The maximum absolute atomic E-state index is 12.0. The molecule has 1 aromatic carbocycles. The van der Waals surface area contributed by atoms with E-state index < -0.39 is 10.0 Å². The molecule has 3 rings (SSSR count). The van der Waals surface area contributed by atoms with Gasteiger partial charge in [-0.2, -0.15) is 0 Å². The highest BCUT2D eigenvalue weighted by molar-refractivity contribution is 7.99. The van der Waals surface area contributed by atoms with Crippen LogP contribution in [-0.4, -0.2) is 29.6 Å². The Morgan fingerprint density at radius 1 is 1.35 bits per heavy atom. The van der Waals surface area contributed by atoms with Crippen LogP contribution in [-0.2, 0) is 14.8 Å². The first-order valence-corrected chi connectivity index (χ1v) is 9.55. The molecule has 1 aromatic heterocycles. The Balaban J connectivity index is 1.56. The lowest BCUT2D eigenvalue weighted by Gasteiger charge is -2.07. The van der Waals surface area contributed by atoms with Gasteiger partial charge in [0.25, 0.3) is 0 Å². The molecule has 1 fully saturated rings. The standard InChI is InChI=1S/C14H16N4O3S2/c15-23(20,21)12-5-1-10(2-6-12)17-13(19)9-22-14-16-7-8-18(14)11-3-4-11/h1-2,5-8,11H,3-4,9H2,(H,17,19)(H2,15,20,21). The number of rotatable bonds is 6. The summed E-state index contributed by atoms with van der Waals surface area (Å²) in [4.78, 5) is 16.2. The van der Waals surface area contributed by atoms with Gasteiger partial charge in [-0.15, -0.1) is 0 Å². The van der Waals surface area contributed by atoms with Gasteiger partial charge in [0.05, 0.1) is 10.6 Å². The van der Waals surface area contributed by atoms with Gasteiger partial charge in [0.1, 0.15) is 0 Å². The summed E-state index contributed by atoms with van der Waals surface area (Å²) >= 11 is 1.38. The van der Waals surface area contributed by atoms with Gasteiger partial charge >= 0.3 is 0 Å². The molecule has 7 nitrogen and oxygen atoms in total.